The van der Waals surface area contributed by atoms with E-state index in [9.17, 15) is 9.59 Å². The van der Waals surface area contributed by atoms with Crippen LogP contribution in [0.15, 0.2) is 29.2 Å². The van der Waals surface area contributed by atoms with Gasteiger partial charge in [0, 0.05) is 18.3 Å². The standard InChI is InChI=1S/C18H21NO4/c1-5-6-19-10-14(7-12(2)18(19)21)13-8-16(22-3)15(11-20)17(9-13)23-4/h7-11H,5-6H2,1-4H3. The molecule has 1 aromatic heterocycles. The second kappa shape index (κ2) is 7.13. The highest BCUT2D eigenvalue weighted by Crippen LogP contribution is 2.33. The number of nitrogens with zero attached hydrogens (tertiary/aromatic N) is 1. The third kappa shape index (κ3) is 3.28. The van der Waals surface area contributed by atoms with E-state index in [-0.39, 0.29) is 5.56 Å². The lowest BCUT2D eigenvalue weighted by molar-refractivity contribution is 0.111. The lowest BCUT2D eigenvalue weighted by Crippen LogP contribution is -2.21. The van der Waals surface area contributed by atoms with E-state index >= 15 is 0 Å². The lowest BCUT2D eigenvalue weighted by Gasteiger charge is -2.14. The van der Waals surface area contributed by atoms with E-state index in [1.807, 2.05) is 19.2 Å². The van der Waals surface area contributed by atoms with E-state index in [2.05, 4.69) is 0 Å². The summed E-state index contributed by atoms with van der Waals surface area (Å²) in [6.07, 6.45) is 3.41. The number of ether oxygens (including phenoxy) is 2. The molecule has 0 N–H and O–H groups in total. The van der Waals surface area contributed by atoms with Gasteiger partial charge >= 0.3 is 0 Å². The summed E-state index contributed by atoms with van der Waals surface area (Å²) in [4.78, 5) is 23.4. The van der Waals surface area contributed by atoms with Gasteiger partial charge in [-0.15, -0.1) is 0 Å². The Labute approximate surface area is 135 Å². The molecule has 0 atom stereocenters. The van der Waals surface area contributed by atoms with Crippen LogP contribution in [0.1, 0.15) is 29.3 Å². The maximum Gasteiger partial charge on any atom is 0.253 e. The molecule has 5 heteroatoms. The number of benzene rings is 1. The Balaban J connectivity index is 2.66. The van der Waals surface area contributed by atoms with E-state index in [0.717, 1.165) is 17.5 Å². The van der Waals surface area contributed by atoms with Crippen LogP contribution in [-0.4, -0.2) is 25.1 Å². The molecule has 0 amide bonds. The molecule has 0 saturated heterocycles. The van der Waals surface area contributed by atoms with Crippen LogP contribution in [-0.2, 0) is 6.54 Å². The first-order valence-electron chi connectivity index (χ1n) is 7.48. The highest BCUT2D eigenvalue weighted by atomic mass is 16.5. The molecule has 0 unspecified atom stereocenters. The minimum absolute atomic E-state index is 0.0130. The molecular formula is C18H21NO4. The number of hydrogen-bond acceptors (Lipinski definition) is 4. The highest BCUT2D eigenvalue weighted by Gasteiger charge is 2.14. The van der Waals surface area contributed by atoms with Gasteiger partial charge in [-0.2, -0.15) is 0 Å². The zero-order valence-electron chi connectivity index (χ0n) is 13.9. The van der Waals surface area contributed by atoms with Crippen molar-refractivity contribution in [1.82, 2.24) is 4.57 Å². The third-order valence-electron chi connectivity index (χ3n) is 3.72. The second-order valence-electron chi connectivity index (χ2n) is 5.32. The van der Waals surface area contributed by atoms with Crippen LogP contribution in [0.3, 0.4) is 0 Å². The minimum Gasteiger partial charge on any atom is -0.496 e. The molecule has 0 aliphatic rings. The van der Waals surface area contributed by atoms with Crippen LogP contribution >= 0.6 is 0 Å². The van der Waals surface area contributed by atoms with Crippen molar-refractivity contribution >= 4 is 6.29 Å². The summed E-state index contributed by atoms with van der Waals surface area (Å²) in [5.41, 5.74) is 2.77. The van der Waals surface area contributed by atoms with E-state index in [0.29, 0.717) is 35.5 Å². The number of carbonyl (C=O) groups excluding carboxylic acids is 1. The molecule has 0 radical (unpaired) electrons. The summed E-state index contributed by atoms with van der Waals surface area (Å²) in [5, 5.41) is 0. The molecule has 0 aliphatic heterocycles. The molecule has 0 spiro atoms. The number of aldehydes is 1. The molecular weight excluding hydrogens is 294 g/mol. The number of aryl methyl sites for hydroxylation is 2. The smallest absolute Gasteiger partial charge is 0.253 e. The largest absolute Gasteiger partial charge is 0.496 e. The summed E-state index contributed by atoms with van der Waals surface area (Å²) in [5.74, 6) is 0.889. The Kier molecular flexibility index (Phi) is 5.21. The number of rotatable bonds is 6. The van der Waals surface area contributed by atoms with Crippen molar-refractivity contribution in [2.24, 2.45) is 0 Å². The van der Waals surface area contributed by atoms with Gasteiger partial charge < -0.3 is 14.0 Å². The maximum atomic E-state index is 12.2. The number of aromatic nitrogens is 1. The van der Waals surface area contributed by atoms with E-state index in [1.165, 1.54) is 14.2 Å². The first-order chi connectivity index (χ1) is 11.0. The van der Waals surface area contributed by atoms with Crippen LogP contribution in [0.4, 0.5) is 0 Å². The van der Waals surface area contributed by atoms with Crippen LogP contribution in [0.5, 0.6) is 11.5 Å². The van der Waals surface area contributed by atoms with Crippen LogP contribution in [0, 0.1) is 6.92 Å². The second-order valence-corrected chi connectivity index (χ2v) is 5.32. The average Bonchev–Trinajstić information content (AvgIpc) is 2.57. The van der Waals surface area contributed by atoms with Gasteiger partial charge in [0.15, 0.2) is 6.29 Å². The van der Waals surface area contributed by atoms with Crippen molar-refractivity contribution in [3.8, 4) is 22.6 Å². The van der Waals surface area contributed by atoms with Gasteiger partial charge in [-0.1, -0.05) is 6.92 Å². The van der Waals surface area contributed by atoms with Crippen molar-refractivity contribution < 1.29 is 14.3 Å². The summed E-state index contributed by atoms with van der Waals surface area (Å²) >= 11 is 0. The molecule has 5 nitrogen and oxygen atoms in total. The Morgan fingerprint density at radius 3 is 2.17 bits per heavy atom. The molecule has 0 bridgehead atoms. The molecule has 122 valence electrons. The molecule has 0 aliphatic carbocycles. The van der Waals surface area contributed by atoms with Gasteiger partial charge in [-0.3, -0.25) is 9.59 Å². The van der Waals surface area contributed by atoms with Crippen molar-refractivity contribution in [1.29, 1.82) is 0 Å². The molecule has 1 heterocycles. The van der Waals surface area contributed by atoms with Crippen LogP contribution in [0.25, 0.3) is 11.1 Å². The molecule has 0 saturated carbocycles. The number of pyridine rings is 1. The van der Waals surface area contributed by atoms with E-state index in [1.54, 1.807) is 23.6 Å². The predicted octanol–water partition coefficient (Wildman–Crippen LogP) is 3.06. The first-order valence-corrected chi connectivity index (χ1v) is 7.48. The summed E-state index contributed by atoms with van der Waals surface area (Å²) in [6, 6.07) is 5.40. The Morgan fingerprint density at radius 2 is 1.70 bits per heavy atom. The molecule has 0 fully saturated rings. The van der Waals surface area contributed by atoms with Crippen molar-refractivity contribution in [3.05, 3.63) is 45.9 Å². The normalized spacial score (nSPS) is 10.4. The van der Waals surface area contributed by atoms with Crippen molar-refractivity contribution in [2.45, 2.75) is 26.8 Å². The fraction of sp³-hybridized carbons (Fsp3) is 0.333. The predicted molar refractivity (Wildman–Crippen MR) is 89.7 cm³/mol. The summed E-state index contributed by atoms with van der Waals surface area (Å²) in [6.45, 7) is 4.49. The van der Waals surface area contributed by atoms with Gasteiger partial charge in [-0.05, 0) is 42.7 Å². The molecule has 2 aromatic rings. The maximum absolute atomic E-state index is 12.2. The van der Waals surface area contributed by atoms with Crippen LogP contribution < -0.4 is 15.0 Å². The Morgan fingerprint density at radius 1 is 1.09 bits per heavy atom. The van der Waals surface area contributed by atoms with Crippen molar-refractivity contribution in [2.75, 3.05) is 14.2 Å². The number of carbonyl (C=O) groups is 1. The van der Waals surface area contributed by atoms with Gasteiger partial charge in [0.2, 0.25) is 0 Å². The van der Waals surface area contributed by atoms with Crippen molar-refractivity contribution in [3.63, 3.8) is 0 Å². The first kappa shape index (κ1) is 16.8. The van der Waals surface area contributed by atoms with E-state index in [4.69, 9.17) is 9.47 Å². The fourth-order valence-corrected chi connectivity index (χ4v) is 2.57. The lowest BCUT2D eigenvalue weighted by atomic mass is 10.0. The summed E-state index contributed by atoms with van der Waals surface area (Å²) < 4.78 is 12.3. The van der Waals surface area contributed by atoms with Gasteiger partial charge in [0.25, 0.3) is 5.56 Å². The van der Waals surface area contributed by atoms with E-state index < -0.39 is 0 Å². The number of methoxy groups -OCH3 is 2. The van der Waals surface area contributed by atoms with Gasteiger partial charge in [0.05, 0.1) is 19.8 Å². The Hall–Kier alpha value is -2.56. The van der Waals surface area contributed by atoms with Crippen LogP contribution in [0.2, 0.25) is 0 Å². The third-order valence-corrected chi connectivity index (χ3v) is 3.72. The molecule has 1 aromatic carbocycles. The fourth-order valence-electron chi connectivity index (χ4n) is 2.57. The zero-order chi connectivity index (χ0) is 17.0. The Bertz CT molecular complexity index is 752. The molecule has 2 rings (SSSR count). The van der Waals surface area contributed by atoms with Gasteiger partial charge in [-0.25, -0.2) is 0 Å². The summed E-state index contributed by atoms with van der Waals surface area (Å²) in [7, 11) is 3.02. The quantitative estimate of drug-likeness (QED) is 0.769. The molecule has 23 heavy (non-hydrogen) atoms. The topological polar surface area (TPSA) is 57.5 Å². The minimum atomic E-state index is 0.0130. The highest BCUT2D eigenvalue weighted by molar-refractivity contribution is 5.86. The number of hydrogen-bond donors (Lipinski definition) is 0. The van der Waals surface area contributed by atoms with Gasteiger partial charge in [0.1, 0.15) is 11.5 Å². The zero-order valence-corrected chi connectivity index (χ0v) is 13.9. The monoisotopic (exact) mass is 315 g/mol. The SMILES string of the molecule is CCCn1cc(-c2cc(OC)c(C=O)c(OC)c2)cc(C)c1=O. The average molecular weight is 315 g/mol.